The third-order valence-electron chi connectivity index (χ3n) is 7.46. The molecule has 2 saturated heterocycles. The molecule has 36 heavy (non-hydrogen) atoms. The Balaban J connectivity index is 1.52. The van der Waals surface area contributed by atoms with Crippen LogP contribution in [0.25, 0.3) is 6.08 Å². The van der Waals surface area contributed by atoms with E-state index >= 15 is 0 Å². The Hall–Kier alpha value is -3.09. The summed E-state index contributed by atoms with van der Waals surface area (Å²) in [4.78, 5) is 33.3. The second kappa shape index (κ2) is 10.1. The highest BCUT2D eigenvalue weighted by atomic mass is 32.2. The lowest BCUT2D eigenvalue weighted by molar-refractivity contribution is -0.123. The highest BCUT2D eigenvalue weighted by Gasteiger charge is 2.38. The van der Waals surface area contributed by atoms with Crippen LogP contribution in [0.5, 0.6) is 0 Å². The number of nitrogens with zero attached hydrogens (tertiary/aromatic N) is 5. The number of carbonyl (C=O) groups is 1. The quantitative estimate of drug-likeness (QED) is 0.446. The molecule has 0 atom stereocenters. The van der Waals surface area contributed by atoms with Crippen molar-refractivity contribution in [3.63, 3.8) is 0 Å². The summed E-state index contributed by atoms with van der Waals surface area (Å²) in [5.41, 5.74) is 2.33. The molecule has 3 fully saturated rings. The van der Waals surface area contributed by atoms with E-state index in [1.165, 1.54) is 17.4 Å². The largest absolute Gasteiger partial charge is 0.368 e. The molecule has 186 valence electrons. The number of anilines is 2. The van der Waals surface area contributed by atoms with Crippen LogP contribution in [-0.4, -0.2) is 51.9 Å². The molecule has 0 radical (unpaired) electrons. The lowest BCUT2D eigenvalue weighted by Gasteiger charge is -2.38. The first-order valence-electron chi connectivity index (χ1n) is 12.4. The number of thiocarbonyl (C=S) groups is 1. The van der Waals surface area contributed by atoms with Gasteiger partial charge in [-0.25, -0.2) is 0 Å². The molecule has 2 aliphatic heterocycles. The third-order valence-corrected chi connectivity index (χ3v) is 8.79. The summed E-state index contributed by atoms with van der Waals surface area (Å²) in [5.74, 6) is 0.679. The van der Waals surface area contributed by atoms with E-state index in [1.54, 1.807) is 23.4 Å². The molecule has 1 aliphatic carbocycles. The number of benzene rings is 1. The minimum absolute atomic E-state index is 0.0662. The van der Waals surface area contributed by atoms with Gasteiger partial charge in [0.05, 0.1) is 4.91 Å². The highest BCUT2D eigenvalue weighted by molar-refractivity contribution is 8.26. The van der Waals surface area contributed by atoms with Gasteiger partial charge in [0.2, 0.25) is 0 Å². The fraction of sp³-hybridized carbons (Fsp3) is 0.407. The van der Waals surface area contributed by atoms with Gasteiger partial charge in [-0.3, -0.25) is 19.1 Å². The number of pyridine rings is 1. The van der Waals surface area contributed by atoms with Gasteiger partial charge >= 0.3 is 0 Å². The van der Waals surface area contributed by atoms with Gasteiger partial charge in [0.15, 0.2) is 0 Å². The smallest absolute Gasteiger partial charge is 0.270 e. The molecule has 3 aliphatic rings. The van der Waals surface area contributed by atoms with E-state index in [-0.39, 0.29) is 23.1 Å². The Morgan fingerprint density at radius 3 is 2.33 bits per heavy atom. The predicted molar refractivity (Wildman–Crippen MR) is 149 cm³/mol. The first-order chi connectivity index (χ1) is 17.4. The van der Waals surface area contributed by atoms with Gasteiger partial charge in [-0.15, -0.1) is 0 Å². The second-order valence-corrected chi connectivity index (χ2v) is 11.2. The second-order valence-electron chi connectivity index (χ2n) is 9.51. The van der Waals surface area contributed by atoms with E-state index in [1.807, 2.05) is 24.3 Å². The molecule has 1 aromatic heterocycles. The molecule has 1 aromatic carbocycles. The molecule has 7 nitrogen and oxygen atoms in total. The Bertz CT molecular complexity index is 1330. The Morgan fingerprint density at radius 2 is 1.69 bits per heavy atom. The van der Waals surface area contributed by atoms with Gasteiger partial charge in [0.25, 0.3) is 11.5 Å². The standard InChI is InChI=1S/C27H29N5O2S2/c1-18-21(16-23-26(34)32(27(35)36-23)20-10-6-7-11-20)24(29(2)25(33)22(18)17-28)31-14-12-30(13-15-31)19-8-4-3-5-9-19/h3-5,8-9,16,20H,6-7,10-15H2,1-2H3/b23-16-. The molecule has 0 unspecified atom stereocenters. The lowest BCUT2D eigenvalue weighted by Crippen LogP contribution is -2.48. The minimum Gasteiger partial charge on any atom is -0.368 e. The van der Waals surface area contributed by atoms with Crippen molar-refractivity contribution >= 4 is 51.8 Å². The van der Waals surface area contributed by atoms with Gasteiger partial charge in [0, 0.05) is 50.5 Å². The van der Waals surface area contributed by atoms with E-state index in [2.05, 4.69) is 28.0 Å². The fourth-order valence-electron chi connectivity index (χ4n) is 5.50. The number of rotatable bonds is 4. The van der Waals surface area contributed by atoms with Crippen LogP contribution in [0.4, 0.5) is 11.5 Å². The monoisotopic (exact) mass is 519 g/mol. The summed E-state index contributed by atoms with van der Waals surface area (Å²) in [7, 11) is 1.71. The zero-order valence-electron chi connectivity index (χ0n) is 20.6. The van der Waals surface area contributed by atoms with Crippen LogP contribution in [0.2, 0.25) is 0 Å². The van der Waals surface area contributed by atoms with E-state index < -0.39 is 0 Å². The molecule has 3 heterocycles. The van der Waals surface area contributed by atoms with Gasteiger partial charge in [-0.05, 0) is 43.5 Å². The van der Waals surface area contributed by atoms with E-state index in [0.29, 0.717) is 14.8 Å². The van der Waals surface area contributed by atoms with Gasteiger partial charge in [-0.2, -0.15) is 5.26 Å². The van der Waals surface area contributed by atoms with Crippen molar-refractivity contribution in [3.8, 4) is 6.07 Å². The van der Waals surface area contributed by atoms with Crippen molar-refractivity contribution in [1.82, 2.24) is 9.47 Å². The third kappa shape index (κ3) is 4.33. The Morgan fingerprint density at radius 1 is 1.06 bits per heavy atom. The molecule has 0 bridgehead atoms. The fourth-order valence-corrected chi connectivity index (χ4v) is 6.88. The molecule has 0 spiro atoms. The predicted octanol–water partition coefficient (Wildman–Crippen LogP) is 4.04. The van der Waals surface area contributed by atoms with Crippen LogP contribution in [0.15, 0.2) is 40.0 Å². The van der Waals surface area contributed by atoms with Crippen molar-refractivity contribution in [2.45, 2.75) is 38.6 Å². The number of hydrogen-bond acceptors (Lipinski definition) is 7. The summed E-state index contributed by atoms with van der Waals surface area (Å²) in [6, 6.07) is 12.6. The number of nitriles is 1. The first-order valence-corrected chi connectivity index (χ1v) is 13.6. The van der Waals surface area contributed by atoms with Crippen LogP contribution < -0.4 is 15.4 Å². The molecule has 1 amide bonds. The van der Waals surface area contributed by atoms with Gasteiger partial charge < -0.3 is 9.80 Å². The number of amides is 1. The van der Waals surface area contributed by atoms with Crippen LogP contribution in [-0.2, 0) is 11.8 Å². The van der Waals surface area contributed by atoms with E-state index in [9.17, 15) is 14.9 Å². The maximum absolute atomic E-state index is 13.4. The average Bonchev–Trinajstić information content (AvgIpc) is 3.51. The minimum atomic E-state index is -0.314. The molecule has 2 aromatic rings. The number of para-hydroxylation sites is 1. The van der Waals surface area contributed by atoms with Crippen molar-refractivity contribution in [1.29, 1.82) is 5.26 Å². The van der Waals surface area contributed by atoms with Crippen LogP contribution in [0, 0.1) is 18.3 Å². The zero-order valence-corrected chi connectivity index (χ0v) is 22.2. The zero-order chi connectivity index (χ0) is 25.4. The number of piperazine rings is 1. The number of aromatic nitrogens is 1. The van der Waals surface area contributed by atoms with E-state index in [0.717, 1.165) is 63.2 Å². The van der Waals surface area contributed by atoms with Crippen molar-refractivity contribution in [3.05, 3.63) is 62.3 Å². The van der Waals surface area contributed by atoms with E-state index in [4.69, 9.17) is 12.2 Å². The highest BCUT2D eigenvalue weighted by Crippen LogP contribution is 2.39. The first kappa shape index (κ1) is 24.6. The van der Waals surface area contributed by atoms with Crippen molar-refractivity contribution in [2.24, 2.45) is 7.05 Å². The van der Waals surface area contributed by atoms with Crippen LogP contribution in [0.1, 0.15) is 42.4 Å². The SMILES string of the molecule is Cc1c(/C=C2\SC(=S)N(C3CCCC3)C2=O)c(N2CCN(c3ccccc3)CC2)n(C)c(=O)c1C#N. The molecule has 0 N–H and O–H groups in total. The average molecular weight is 520 g/mol. The number of carbonyl (C=O) groups excluding carboxylic acids is 1. The van der Waals surface area contributed by atoms with Crippen LogP contribution in [0.3, 0.4) is 0 Å². The topological polar surface area (TPSA) is 72.6 Å². The van der Waals surface area contributed by atoms with Gasteiger partial charge in [0.1, 0.15) is 21.8 Å². The number of hydrogen-bond donors (Lipinski definition) is 0. The molecular weight excluding hydrogens is 490 g/mol. The maximum atomic E-state index is 13.4. The molecular formula is C27H29N5O2S2. The summed E-state index contributed by atoms with van der Waals surface area (Å²) in [5, 5.41) is 9.75. The number of thioether (sulfide) groups is 1. The summed E-state index contributed by atoms with van der Waals surface area (Å²) < 4.78 is 2.16. The summed E-state index contributed by atoms with van der Waals surface area (Å²) in [6.07, 6.45) is 6.04. The molecule has 5 rings (SSSR count). The van der Waals surface area contributed by atoms with Crippen LogP contribution >= 0.6 is 24.0 Å². The Labute approximate surface area is 221 Å². The lowest BCUT2D eigenvalue weighted by atomic mass is 10.0. The maximum Gasteiger partial charge on any atom is 0.270 e. The Kier molecular flexibility index (Phi) is 6.91. The molecule has 1 saturated carbocycles. The van der Waals surface area contributed by atoms with Crippen molar-refractivity contribution < 1.29 is 4.79 Å². The van der Waals surface area contributed by atoms with Gasteiger partial charge in [-0.1, -0.05) is 55.0 Å². The molecule has 9 heteroatoms. The normalized spacial score (nSPS) is 20.0. The summed E-state index contributed by atoms with van der Waals surface area (Å²) in [6.45, 7) is 4.85. The van der Waals surface area contributed by atoms with Crippen molar-refractivity contribution in [2.75, 3.05) is 36.0 Å². The summed E-state index contributed by atoms with van der Waals surface area (Å²) >= 11 is 6.92.